The van der Waals surface area contributed by atoms with Gasteiger partial charge in [-0.1, -0.05) is 0 Å². The van der Waals surface area contributed by atoms with Gasteiger partial charge in [0.05, 0.1) is 12.0 Å². The minimum Gasteiger partial charge on any atom is -0.369 e. The van der Waals surface area contributed by atoms with E-state index in [4.69, 9.17) is 0 Å². The summed E-state index contributed by atoms with van der Waals surface area (Å²) in [6.07, 6.45) is 1.74. The van der Waals surface area contributed by atoms with Crippen molar-refractivity contribution in [3.05, 3.63) is 27.8 Å². The second-order valence-corrected chi connectivity index (χ2v) is 4.99. The monoisotopic (exact) mass is 246 g/mol. The summed E-state index contributed by atoms with van der Waals surface area (Å²) < 4.78 is 0. The van der Waals surface area contributed by atoms with Crippen molar-refractivity contribution in [2.24, 2.45) is 4.99 Å². The molecule has 0 unspecified atom stereocenters. The van der Waals surface area contributed by atoms with Crippen molar-refractivity contribution in [3.63, 3.8) is 0 Å². The largest absolute Gasteiger partial charge is 0.369 e. The van der Waals surface area contributed by atoms with Crippen LogP contribution in [0.2, 0.25) is 0 Å². The van der Waals surface area contributed by atoms with Gasteiger partial charge in [0.25, 0.3) is 0 Å². The van der Waals surface area contributed by atoms with Crippen molar-refractivity contribution in [1.29, 1.82) is 0 Å². The lowest BCUT2D eigenvalue weighted by Gasteiger charge is -2.17. The summed E-state index contributed by atoms with van der Waals surface area (Å²) in [6, 6.07) is 0. The SMILES string of the molecule is CC(=O)c1c(C)c(C)c(C)c(C)c1/N=C/N(C)C. The van der Waals surface area contributed by atoms with Crippen molar-refractivity contribution >= 4 is 17.8 Å². The molecule has 0 saturated carbocycles. The maximum atomic E-state index is 11.9. The molecule has 3 nitrogen and oxygen atoms in total. The van der Waals surface area contributed by atoms with Crippen molar-refractivity contribution in [1.82, 2.24) is 4.90 Å². The van der Waals surface area contributed by atoms with Crippen LogP contribution in [-0.2, 0) is 0 Å². The fraction of sp³-hybridized carbons (Fsp3) is 0.467. The predicted molar refractivity (Wildman–Crippen MR) is 77.2 cm³/mol. The lowest BCUT2D eigenvalue weighted by Crippen LogP contribution is -2.09. The first-order chi connectivity index (χ1) is 8.27. The second kappa shape index (κ2) is 5.34. The number of ketones is 1. The molecule has 0 amide bonds. The molecule has 0 saturated heterocycles. The number of rotatable bonds is 3. The molecule has 0 fully saturated rings. The molecule has 0 atom stereocenters. The topological polar surface area (TPSA) is 32.7 Å². The molecule has 0 heterocycles. The summed E-state index contributed by atoms with van der Waals surface area (Å²) in [5.74, 6) is 0.0737. The third-order valence-corrected chi connectivity index (χ3v) is 3.42. The lowest BCUT2D eigenvalue weighted by molar-refractivity contribution is 0.101. The van der Waals surface area contributed by atoms with E-state index >= 15 is 0 Å². The third-order valence-electron chi connectivity index (χ3n) is 3.42. The van der Waals surface area contributed by atoms with Crippen LogP contribution in [0.1, 0.15) is 39.5 Å². The number of hydrogen-bond acceptors (Lipinski definition) is 2. The molecule has 0 aromatic heterocycles. The van der Waals surface area contributed by atoms with E-state index < -0.39 is 0 Å². The zero-order valence-electron chi connectivity index (χ0n) is 12.4. The van der Waals surface area contributed by atoms with Crippen LogP contribution in [0.15, 0.2) is 4.99 Å². The Labute approximate surface area is 110 Å². The highest BCUT2D eigenvalue weighted by molar-refractivity contribution is 6.02. The van der Waals surface area contributed by atoms with Gasteiger partial charge in [0.1, 0.15) is 0 Å². The van der Waals surface area contributed by atoms with Crippen LogP contribution in [-0.4, -0.2) is 31.1 Å². The Hall–Kier alpha value is -1.64. The Bertz CT molecular complexity index is 514. The number of carbonyl (C=O) groups is 1. The Balaban J connectivity index is 3.61. The first-order valence-electron chi connectivity index (χ1n) is 6.09. The molecule has 0 aliphatic rings. The summed E-state index contributed by atoms with van der Waals surface area (Å²) in [6.45, 7) is 9.76. The summed E-state index contributed by atoms with van der Waals surface area (Å²) in [4.78, 5) is 18.2. The lowest BCUT2D eigenvalue weighted by atomic mass is 9.91. The Morgan fingerprint density at radius 3 is 1.94 bits per heavy atom. The molecule has 0 aliphatic heterocycles. The fourth-order valence-electron chi connectivity index (χ4n) is 2.06. The standard InChI is InChI=1S/C15H22N2O/c1-9-10(2)12(4)15(16-8-17(6)7)14(11(9)3)13(5)18/h8H,1-7H3/b16-8+. The molecule has 1 aromatic carbocycles. The van der Waals surface area contributed by atoms with Crippen LogP contribution in [0, 0.1) is 27.7 Å². The molecular weight excluding hydrogens is 224 g/mol. The smallest absolute Gasteiger partial charge is 0.162 e. The van der Waals surface area contributed by atoms with Crippen LogP contribution in [0.4, 0.5) is 5.69 Å². The van der Waals surface area contributed by atoms with E-state index in [2.05, 4.69) is 18.8 Å². The van der Waals surface area contributed by atoms with Crippen LogP contribution in [0.25, 0.3) is 0 Å². The number of benzene rings is 1. The quantitative estimate of drug-likeness (QED) is 0.465. The average Bonchev–Trinajstić information content (AvgIpc) is 2.28. The van der Waals surface area contributed by atoms with Gasteiger partial charge in [-0.2, -0.15) is 0 Å². The number of Topliss-reactive ketones (excluding diaryl/α,β-unsaturated/α-hetero) is 1. The molecule has 1 aromatic rings. The van der Waals surface area contributed by atoms with E-state index in [1.807, 2.05) is 32.8 Å². The van der Waals surface area contributed by atoms with Gasteiger partial charge in [-0.25, -0.2) is 4.99 Å². The van der Waals surface area contributed by atoms with E-state index in [-0.39, 0.29) is 5.78 Å². The molecular formula is C15H22N2O. The van der Waals surface area contributed by atoms with Gasteiger partial charge in [-0.3, -0.25) is 4.79 Å². The molecule has 0 spiro atoms. The highest BCUT2D eigenvalue weighted by Crippen LogP contribution is 2.33. The average molecular weight is 246 g/mol. The fourth-order valence-corrected chi connectivity index (χ4v) is 2.06. The molecule has 3 heteroatoms. The van der Waals surface area contributed by atoms with Crippen molar-refractivity contribution in [2.45, 2.75) is 34.6 Å². The Morgan fingerprint density at radius 1 is 1.00 bits per heavy atom. The first-order valence-corrected chi connectivity index (χ1v) is 6.09. The van der Waals surface area contributed by atoms with Crippen LogP contribution < -0.4 is 0 Å². The van der Waals surface area contributed by atoms with E-state index in [0.717, 1.165) is 22.4 Å². The van der Waals surface area contributed by atoms with Crippen molar-refractivity contribution < 1.29 is 4.79 Å². The molecule has 0 radical (unpaired) electrons. The summed E-state index contributed by atoms with van der Waals surface area (Å²) in [5.41, 5.74) is 6.06. The van der Waals surface area contributed by atoms with Gasteiger partial charge in [0.15, 0.2) is 5.78 Å². The zero-order valence-corrected chi connectivity index (χ0v) is 12.4. The van der Waals surface area contributed by atoms with E-state index in [9.17, 15) is 4.79 Å². The van der Waals surface area contributed by atoms with Crippen LogP contribution in [0.5, 0.6) is 0 Å². The van der Waals surface area contributed by atoms with Crippen molar-refractivity contribution in [3.8, 4) is 0 Å². The number of hydrogen-bond donors (Lipinski definition) is 0. The highest BCUT2D eigenvalue weighted by Gasteiger charge is 2.17. The van der Waals surface area contributed by atoms with Crippen molar-refractivity contribution in [2.75, 3.05) is 14.1 Å². The predicted octanol–water partition coefficient (Wildman–Crippen LogP) is 3.34. The molecule has 98 valence electrons. The third kappa shape index (κ3) is 2.61. The Kier molecular flexibility index (Phi) is 4.28. The number of aliphatic imine (C=N–C) groups is 1. The van der Waals surface area contributed by atoms with Gasteiger partial charge < -0.3 is 4.90 Å². The summed E-state index contributed by atoms with van der Waals surface area (Å²) in [7, 11) is 3.83. The van der Waals surface area contributed by atoms with Gasteiger partial charge in [-0.15, -0.1) is 0 Å². The molecule has 18 heavy (non-hydrogen) atoms. The second-order valence-electron chi connectivity index (χ2n) is 4.99. The minimum absolute atomic E-state index is 0.0737. The minimum atomic E-state index is 0.0737. The molecule has 1 rings (SSSR count). The van der Waals surface area contributed by atoms with E-state index in [1.165, 1.54) is 11.1 Å². The molecule has 0 aliphatic carbocycles. The highest BCUT2D eigenvalue weighted by atomic mass is 16.1. The normalized spacial score (nSPS) is 11.1. The van der Waals surface area contributed by atoms with E-state index in [1.54, 1.807) is 13.3 Å². The van der Waals surface area contributed by atoms with E-state index in [0.29, 0.717) is 0 Å². The Morgan fingerprint density at radius 2 is 1.50 bits per heavy atom. The molecule has 0 N–H and O–H groups in total. The van der Waals surface area contributed by atoms with Gasteiger partial charge in [0.2, 0.25) is 0 Å². The maximum absolute atomic E-state index is 11.9. The summed E-state index contributed by atoms with van der Waals surface area (Å²) >= 11 is 0. The maximum Gasteiger partial charge on any atom is 0.162 e. The van der Waals surface area contributed by atoms with Gasteiger partial charge in [0, 0.05) is 19.7 Å². The number of carbonyl (C=O) groups excluding carboxylic acids is 1. The number of nitrogens with zero attached hydrogens (tertiary/aromatic N) is 2. The van der Waals surface area contributed by atoms with Crippen LogP contribution in [0.3, 0.4) is 0 Å². The molecule has 0 bridgehead atoms. The van der Waals surface area contributed by atoms with Gasteiger partial charge >= 0.3 is 0 Å². The van der Waals surface area contributed by atoms with Gasteiger partial charge in [-0.05, 0) is 56.9 Å². The van der Waals surface area contributed by atoms with Crippen LogP contribution >= 0.6 is 0 Å². The zero-order chi connectivity index (χ0) is 14.0. The summed E-state index contributed by atoms with van der Waals surface area (Å²) in [5, 5.41) is 0. The first kappa shape index (κ1) is 14.4.